The van der Waals surface area contributed by atoms with Gasteiger partial charge >= 0.3 is 4.34 Å². The summed E-state index contributed by atoms with van der Waals surface area (Å²) in [5, 5.41) is 7.21. The molecule has 0 radical (unpaired) electrons. The first-order chi connectivity index (χ1) is 7.95. The Balaban J connectivity index is 2.52. The lowest BCUT2D eigenvalue weighted by atomic mass is 10.2. The zero-order valence-electron chi connectivity index (χ0n) is 9.88. The van der Waals surface area contributed by atoms with Crippen LogP contribution in [-0.2, 0) is 21.0 Å². The normalized spacial score (nSPS) is 13.8. The molecule has 0 spiro atoms. The van der Waals surface area contributed by atoms with Crippen LogP contribution in [0.15, 0.2) is 8.68 Å². The molecule has 0 aliphatic carbocycles. The third-order valence-corrected chi connectivity index (χ3v) is 6.41. The van der Waals surface area contributed by atoms with Gasteiger partial charge in [-0.1, -0.05) is 24.9 Å². The molecule has 1 rings (SSSR count). The van der Waals surface area contributed by atoms with Gasteiger partial charge in [0.1, 0.15) is 5.75 Å². The van der Waals surface area contributed by atoms with Crippen LogP contribution >= 0.6 is 11.3 Å². The molecule has 98 valence electrons. The molecule has 0 fully saturated rings. The summed E-state index contributed by atoms with van der Waals surface area (Å²) in [4.78, 5) is 0. The smallest absolute Gasteiger partial charge is 0.322 e. The SMILES string of the molecule is CCCCCC[S+]([O-])c1nnc(S(C)(=O)=O)s1. The number of aromatic nitrogens is 2. The standard InChI is InChI=1S/C9H16N2O3S3/c1-3-4-5-6-7-16(12)8-10-11-9(15-8)17(2,13)14/h3-7H2,1-2H3. The summed E-state index contributed by atoms with van der Waals surface area (Å²) >= 11 is -0.319. The molecule has 17 heavy (non-hydrogen) atoms. The minimum absolute atomic E-state index is 0.0607. The van der Waals surface area contributed by atoms with Gasteiger partial charge in [-0.2, -0.15) is 0 Å². The molecule has 1 aromatic heterocycles. The van der Waals surface area contributed by atoms with Crippen molar-refractivity contribution in [1.29, 1.82) is 0 Å². The molecule has 1 atom stereocenters. The van der Waals surface area contributed by atoms with Crippen molar-refractivity contribution >= 4 is 32.3 Å². The van der Waals surface area contributed by atoms with E-state index in [1.54, 1.807) is 0 Å². The number of hydrogen-bond acceptors (Lipinski definition) is 6. The Labute approximate surface area is 109 Å². The fourth-order valence-electron chi connectivity index (χ4n) is 1.19. The van der Waals surface area contributed by atoms with Gasteiger partial charge in [0.05, 0.1) is 0 Å². The van der Waals surface area contributed by atoms with E-state index in [1.165, 1.54) is 0 Å². The molecule has 0 aromatic carbocycles. The van der Waals surface area contributed by atoms with E-state index in [1.807, 2.05) is 0 Å². The van der Waals surface area contributed by atoms with E-state index in [-0.39, 0.29) is 4.34 Å². The number of sulfone groups is 1. The molecule has 0 aliphatic rings. The topological polar surface area (TPSA) is 83.0 Å². The van der Waals surface area contributed by atoms with Crippen molar-refractivity contribution in [2.45, 2.75) is 41.3 Å². The Hall–Kier alpha value is -0.180. The van der Waals surface area contributed by atoms with Crippen LogP contribution in [0.25, 0.3) is 0 Å². The van der Waals surface area contributed by atoms with Gasteiger partial charge in [0, 0.05) is 17.4 Å². The van der Waals surface area contributed by atoms with Crippen molar-refractivity contribution in [1.82, 2.24) is 10.2 Å². The minimum atomic E-state index is -3.33. The van der Waals surface area contributed by atoms with Gasteiger partial charge in [0.25, 0.3) is 0 Å². The highest BCUT2D eigenvalue weighted by Crippen LogP contribution is 2.21. The fourth-order valence-corrected chi connectivity index (χ4v) is 4.32. The van der Waals surface area contributed by atoms with E-state index in [4.69, 9.17) is 0 Å². The quantitative estimate of drug-likeness (QED) is 0.564. The second-order valence-electron chi connectivity index (χ2n) is 3.72. The lowest BCUT2D eigenvalue weighted by molar-refractivity contribution is 0.585. The summed E-state index contributed by atoms with van der Waals surface area (Å²) < 4.78 is 34.4. The van der Waals surface area contributed by atoms with Gasteiger partial charge in [-0.25, -0.2) is 8.42 Å². The van der Waals surface area contributed by atoms with Gasteiger partial charge in [-0.3, -0.25) is 0 Å². The van der Waals surface area contributed by atoms with Crippen LogP contribution in [-0.4, -0.2) is 35.2 Å². The Kier molecular flexibility index (Phi) is 5.84. The molecule has 0 saturated heterocycles. The lowest BCUT2D eigenvalue weighted by Crippen LogP contribution is -2.06. The zero-order valence-corrected chi connectivity index (χ0v) is 12.3. The number of hydrogen-bond donors (Lipinski definition) is 0. The summed E-state index contributed by atoms with van der Waals surface area (Å²) in [5.74, 6) is 0.526. The van der Waals surface area contributed by atoms with Crippen LogP contribution in [0.5, 0.6) is 0 Å². The summed E-state index contributed by atoms with van der Waals surface area (Å²) in [6.07, 6.45) is 5.24. The third-order valence-electron chi connectivity index (χ3n) is 2.08. The van der Waals surface area contributed by atoms with Crippen LogP contribution in [0.4, 0.5) is 0 Å². The molecular formula is C9H16N2O3S3. The molecule has 1 aromatic rings. The van der Waals surface area contributed by atoms with Gasteiger partial charge in [-0.05, 0) is 24.2 Å². The first-order valence-corrected chi connectivity index (χ1v) is 9.39. The van der Waals surface area contributed by atoms with E-state index < -0.39 is 21.0 Å². The number of nitrogens with zero attached hydrogens (tertiary/aromatic N) is 2. The molecule has 0 N–H and O–H groups in total. The minimum Gasteiger partial charge on any atom is -0.610 e. The van der Waals surface area contributed by atoms with Crippen molar-refractivity contribution in [3.05, 3.63) is 0 Å². The maximum absolute atomic E-state index is 11.8. The van der Waals surface area contributed by atoms with Gasteiger partial charge in [0.15, 0.2) is 0 Å². The van der Waals surface area contributed by atoms with Crippen molar-refractivity contribution in [3.8, 4) is 0 Å². The van der Waals surface area contributed by atoms with Gasteiger partial charge in [-0.15, -0.1) is 5.10 Å². The van der Waals surface area contributed by atoms with Crippen molar-refractivity contribution in [2.24, 2.45) is 0 Å². The molecule has 1 heterocycles. The Morgan fingerprint density at radius 2 is 2.00 bits per heavy atom. The second kappa shape index (κ2) is 6.67. The molecule has 8 heteroatoms. The van der Waals surface area contributed by atoms with E-state index >= 15 is 0 Å². The molecule has 0 aliphatic heterocycles. The number of rotatable bonds is 7. The predicted molar refractivity (Wildman–Crippen MR) is 68.4 cm³/mol. The first-order valence-electron chi connectivity index (χ1n) is 5.37. The second-order valence-corrected chi connectivity index (χ2v) is 8.63. The molecule has 0 bridgehead atoms. The third kappa shape index (κ3) is 4.90. The predicted octanol–water partition coefficient (Wildman–Crippen LogP) is 1.63. The van der Waals surface area contributed by atoms with Crippen LogP contribution in [0.2, 0.25) is 0 Å². The zero-order chi connectivity index (χ0) is 12.9. The Morgan fingerprint density at radius 1 is 1.29 bits per heavy atom. The van der Waals surface area contributed by atoms with E-state index in [9.17, 15) is 13.0 Å². The summed E-state index contributed by atoms with van der Waals surface area (Å²) in [5.41, 5.74) is 0. The van der Waals surface area contributed by atoms with Crippen LogP contribution in [0.3, 0.4) is 0 Å². The average Bonchev–Trinajstić information content (AvgIpc) is 2.72. The molecular weight excluding hydrogens is 280 g/mol. The maximum Gasteiger partial charge on any atom is 0.322 e. The molecule has 0 saturated carbocycles. The van der Waals surface area contributed by atoms with E-state index in [2.05, 4.69) is 17.1 Å². The van der Waals surface area contributed by atoms with Crippen molar-refractivity contribution in [2.75, 3.05) is 12.0 Å². The number of unbranched alkanes of at least 4 members (excludes halogenated alkanes) is 3. The van der Waals surface area contributed by atoms with Gasteiger partial charge < -0.3 is 4.55 Å². The Bertz CT molecular complexity index is 444. The van der Waals surface area contributed by atoms with Crippen molar-refractivity contribution in [3.63, 3.8) is 0 Å². The highest BCUT2D eigenvalue weighted by atomic mass is 32.3. The summed E-state index contributed by atoms with van der Waals surface area (Å²) in [6, 6.07) is 0. The van der Waals surface area contributed by atoms with E-state index in [0.717, 1.165) is 43.3 Å². The van der Waals surface area contributed by atoms with Crippen molar-refractivity contribution < 1.29 is 13.0 Å². The Morgan fingerprint density at radius 3 is 2.53 bits per heavy atom. The summed E-state index contributed by atoms with van der Waals surface area (Å²) in [7, 11) is -3.33. The van der Waals surface area contributed by atoms with Crippen LogP contribution in [0.1, 0.15) is 32.6 Å². The molecule has 0 amide bonds. The van der Waals surface area contributed by atoms with Gasteiger partial charge in [0.2, 0.25) is 14.2 Å². The molecule has 5 nitrogen and oxygen atoms in total. The molecule has 1 unspecified atom stereocenters. The van der Waals surface area contributed by atoms with Crippen LogP contribution < -0.4 is 0 Å². The monoisotopic (exact) mass is 296 g/mol. The van der Waals surface area contributed by atoms with Crippen LogP contribution in [0, 0.1) is 0 Å². The highest BCUT2D eigenvalue weighted by Gasteiger charge is 2.21. The first kappa shape index (κ1) is 14.9. The van der Waals surface area contributed by atoms with E-state index in [0.29, 0.717) is 10.1 Å². The average molecular weight is 296 g/mol. The summed E-state index contributed by atoms with van der Waals surface area (Å²) in [6.45, 7) is 2.11. The lowest BCUT2D eigenvalue weighted by Gasteiger charge is -2.05. The largest absolute Gasteiger partial charge is 0.610 e. The highest BCUT2D eigenvalue weighted by molar-refractivity contribution is 7.95. The maximum atomic E-state index is 11.8. The fraction of sp³-hybridized carbons (Fsp3) is 0.778.